The summed E-state index contributed by atoms with van der Waals surface area (Å²) in [5, 5.41) is 15.1. The second kappa shape index (κ2) is 7.32. The van der Waals surface area contributed by atoms with Crippen LogP contribution in [-0.2, 0) is 6.54 Å². The van der Waals surface area contributed by atoms with Crippen LogP contribution in [0.3, 0.4) is 0 Å². The van der Waals surface area contributed by atoms with Gasteiger partial charge >= 0.3 is 0 Å². The largest absolute Gasteiger partial charge is 0.389 e. The number of nitrogens with one attached hydrogen (secondary N) is 1. The Morgan fingerprint density at radius 3 is 2.36 bits per heavy atom. The van der Waals surface area contributed by atoms with Crippen molar-refractivity contribution in [1.29, 1.82) is 0 Å². The van der Waals surface area contributed by atoms with Gasteiger partial charge < -0.3 is 15.0 Å². The van der Waals surface area contributed by atoms with Crippen LogP contribution in [0.25, 0.3) is 10.9 Å². The Morgan fingerprint density at radius 1 is 1.00 bits per heavy atom. The SMILES string of the molecule is Cc1c(C)n(C[C@H](O)CNc2ccc(C(C)C)cc2)c2ccccc12. The molecule has 2 N–H and O–H groups in total. The van der Waals surface area contributed by atoms with Gasteiger partial charge in [-0.25, -0.2) is 0 Å². The van der Waals surface area contributed by atoms with Gasteiger partial charge in [0, 0.05) is 28.8 Å². The molecule has 3 rings (SSSR count). The molecule has 0 unspecified atom stereocenters. The molecule has 0 amide bonds. The van der Waals surface area contributed by atoms with Crippen LogP contribution in [-0.4, -0.2) is 22.3 Å². The highest BCUT2D eigenvalue weighted by Gasteiger charge is 2.13. The van der Waals surface area contributed by atoms with E-state index in [2.05, 4.69) is 86.1 Å². The van der Waals surface area contributed by atoms with E-state index in [4.69, 9.17) is 0 Å². The van der Waals surface area contributed by atoms with Crippen LogP contribution < -0.4 is 5.32 Å². The fourth-order valence-corrected chi connectivity index (χ4v) is 3.34. The van der Waals surface area contributed by atoms with Crippen molar-refractivity contribution in [3.05, 3.63) is 65.4 Å². The van der Waals surface area contributed by atoms with Gasteiger partial charge in [0.25, 0.3) is 0 Å². The minimum atomic E-state index is -0.446. The molecule has 0 aliphatic carbocycles. The molecule has 0 spiro atoms. The van der Waals surface area contributed by atoms with Crippen LogP contribution in [0.5, 0.6) is 0 Å². The van der Waals surface area contributed by atoms with E-state index in [1.165, 1.54) is 27.7 Å². The average Bonchev–Trinajstić information content (AvgIpc) is 2.85. The lowest BCUT2D eigenvalue weighted by molar-refractivity contribution is 0.167. The standard InChI is InChI=1S/C22H28N2O/c1-15(2)18-9-11-19(12-10-18)23-13-20(25)14-24-17(4)16(3)21-7-5-6-8-22(21)24/h5-12,15,20,23,25H,13-14H2,1-4H3/t20-/m1/s1. The van der Waals surface area contributed by atoms with Gasteiger partial charge in [-0.2, -0.15) is 0 Å². The molecule has 0 fully saturated rings. The Kier molecular flexibility index (Phi) is 5.14. The number of aryl methyl sites for hydroxylation is 1. The van der Waals surface area contributed by atoms with E-state index in [0.717, 1.165) is 5.69 Å². The molecule has 0 saturated carbocycles. The number of aliphatic hydroxyl groups is 1. The number of aliphatic hydroxyl groups excluding tert-OH is 1. The van der Waals surface area contributed by atoms with Crippen LogP contribution in [0.4, 0.5) is 5.69 Å². The van der Waals surface area contributed by atoms with Gasteiger partial charge in [-0.15, -0.1) is 0 Å². The second-order valence-electron chi connectivity index (χ2n) is 7.15. The maximum atomic E-state index is 10.5. The first-order chi connectivity index (χ1) is 12.0. The van der Waals surface area contributed by atoms with Gasteiger partial charge in [-0.1, -0.05) is 44.2 Å². The maximum absolute atomic E-state index is 10.5. The van der Waals surface area contributed by atoms with Crippen LogP contribution in [0, 0.1) is 13.8 Å². The van der Waals surface area contributed by atoms with E-state index >= 15 is 0 Å². The second-order valence-corrected chi connectivity index (χ2v) is 7.15. The molecular formula is C22H28N2O. The predicted octanol–water partition coefficient (Wildman–Crippen LogP) is 4.85. The smallest absolute Gasteiger partial charge is 0.0891 e. The van der Waals surface area contributed by atoms with Crippen LogP contribution in [0.2, 0.25) is 0 Å². The molecular weight excluding hydrogens is 308 g/mol. The summed E-state index contributed by atoms with van der Waals surface area (Å²) in [6.07, 6.45) is -0.446. The van der Waals surface area contributed by atoms with Crippen molar-refractivity contribution in [3.8, 4) is 0 Å². The zero-order valence-electron chi connectivity index (χ0n) is 15.6. The Bertz CT molecular complexity index is 846. The molecule has 25 heavy (non-hydrogen) atoms. The Balaban J connectivity index is 1.67. The summed E-state index contributed by atoms with van der Waals surface area (Å²) in [5.74, 6) is 0.535. The Labute approximate surface area is 150 Å². The summed E-state index contributed by atoms with van der Waals surface area (Å²) in [4.78, 5) is 0. The highest BCUT2D eigenvalue weighted by molar-refractivity contribution is 5.85. The van der Waals surface area contributed by atoms with Gasteiger partial charge in [-0.05, 0) is 49.1 Å². The van der Waals surface area contributed by atoms with E-state index in [1.807, 2.05) is 0 Å². The van der Waals surface area contributed by atoms with Gasteiger partial charge in [0.15, 0.2) is 0 Å². The van der Waals surface area contributed by atoms with Crippen molar-refractivity contribution in [1.82, 2.24) is 4.57 Å². The molecule has 0 aliphatic heterocycles. The quantitative estimate of drug-likeness (QED) is 0.675. The normalized spacial score (nSPS) is 12.7. The van der Waals surface area contributed by atoms with Gasteiger partial charge in [0.05, 0.1) is 12.6 Å². The number of para-hydroxylation sites is 1. The van der Waals surface area contributed by atoms with E-state index in [1.54, 1.807) is 0 Å². The number of hydrogen-bond donors (Lipinski definition) is 2. The van der Waals surface area contributed by atoms with Crippen molar-refractivity contribution in [2.75, 3.05) is 11.9 Å². The minimum absolute atomic E-state index is 0.446. The Hall–Kier alpha value is -2.26. The lowest BCUT2D eigenvalue weighted by Gasteiger charge is -2.16. The van der Waals surface area contributed by atoms with Gasteiger partial charge in [0.1, 0.15) is 0 Å². The maximum Gasteiger partial charge on any atom is 0.0891 e. The average molecular weight is 336 g/mol. The summed E-state index contributed by atoms with van der Waals surface area (Å²) in [6, 6.07) is 16.9. The van der Waals surface area contributed by atoms with Crippen molar-refractivity contribution in [3.63, 3.8) is 0 Å². The van der Waals surface area contributed by atoms with E-state index in [9.17, 15) is 5.11 Å². The molecule has 132 valence electrons. The number of nitrogens with zero attached hydrogens (tertiary/aromatic N) is 1. The van der Waals surface area contributed by atoms with Crippen LogP contribution in [0.15, 0.2) is 48.5 Å². The first-order valence-electron chi connectivity index (χ1n) is 9.03. The highest BCUT2D eigenvalue weighted by atomic mass is 16.3. The fourth-order valence-electron chi connectivity index (χ4n) is 3.34. The summed E-state index contributed by atoms with van der Waals surface area (Å²) >= 11 is 0. The minimum Gasteiger partial charge on any atom is -0.389 e. The van der Waals surface area contributed by atoms with Crippen molar-refractivity contribution >= 4 is 16.6 Å². The molecule has 2 aromatic carbocycles. The zero-order chi connectivity index (χ0) is 18.0. The number of rotatable bonds is 6. The number of aromatic nitrogens is 1. The first-order valence-corrected chi connectivity index (χ1v) is 9.03. The molecule has 1 atom stereocenters. The molecule has 3 nitrogen and oxygen atoms in total. The third kappa shape index (κ3) is 3.72. The summed E-state index contributed by atoms with van der Waals surface area (Å²) in [5.41, 5.74) is 6.09. The number of hydrogen-bond acceptors (Lipinski definition) is 2. The third-order valence-corrected chi connectivity index (χ3v) is 5.06. The lowest BCUT2D eigenvalue weighted by Crippen LogP contribution is -2.25. The molecule has 0 saturated heterocycles. The predicted molar refractivity (Wildman–Crippen MR) is 106 cm³/mol. The molecule has 1 heterocycles. The molecule has 0 aliphatic rings. The van der Waals surface area contributed by atoms with Crippen LogP contribution in [0.1, 0.15) is 36.6 Å². The summed E-state index contributed by atoms with van der Waals surface area (Å²) < 4.78 is 2.22. The topological polar surface area (TPSA) is 37.2 Å². The van der Waals surface area contributed by atoms with E-state index in [0.29, 0.717) is 19.0 Å². The van der Waals surface area contributed by atoms with Crippen LogP contribution >= 0.6 is 0 Å². The third-order valence-electron chi connectivity index (χ3n) is 5.06. The Morgan fingerprint density at radius 2 is 1.68 bits per heavy atom. The molecule has 3 heteroatoms. The highest BCUT2D eigenvalue weighted by Crippen LogP contribution is 2.25. The van der Waals surface area contributed by atoms with Crippen molar-refractivity contribution in [2.45, 2.75) is 46.3 Å². The van der Waals surface area contributed by atoms with E-state index < -0.39 is 6.10 Å². The monoisotopic (exact) mass is 336 g/mol. The lowest BCUT2D eigenvalue weighted by atomic mass is 10.0. The molecule has 0 radical (unpaired) electrons. The number of benzene rings is 2. The molecule has 0 bridgehead atoms. The summed E-state index contributed by atoms with van der Waals surface area (Å²) in [7, 11) is 0. The fraction of sp³-hybridized carbons (Fsp3) is 0.364. The number of fused-ring (bicyclic) bond motifs is 1. The molecule has 3 aromatic rings. The van der Waals surface area contributed by atoms with Gasteiger partial charge in [0.2, 0.25) is 0 Å². The van der Waals surface area contributed by atoms with Crippen molar-refractivity contribution < 1.29 is 5.11 Å². The van der Waals surface area contributed by atoms with Crippen molar-refractivity contribution in [2.24, 2.45) is 0 Å². The number of anilines is 1. The summed E-state index contributed by atoms with van der Waals surface area (Å²) in [6.45, 7) is 9.79. The van der Waals surface area contributed by atoms with Gasteiger partial charge in [-0.3, -0.25) is 0 Å². The first kappa shape index (κ1) is 17.6. The zero-order valence-corrected chi connectivity index (χ0v) is 15.6. The molecule has 1 aromatic heterocycles. The van der Waals surface area contributed by atoms with E-state index in [-0.39, 0.29) is 0 Å².